The third-order valence-electron chi connectivity index (χ3n) is 4.77. The summed E-state index contributed by atoms with van der Waals surface area (Å²) in [6.07, 6.45) is 7.55. The van der Waals surface area contributed by atoms with E-state index in [1.807, 2.05) is 25.1 Å². The fourth-order valence-corrected chi connectivity index (χ4v) is 3.26. The van der Waals surface area contributed by atoms with Gasteiger partial charge in [0.15, 0.2) is 0 Å². The summed E-state index contributed by atoms with van der Waals surface area (Å²) in [5, 5.41) is 0.0403. The minimum absolute atomic E-state index is 0.0403. The van der Waals surface area contributed by atoms with Crippen molar-refractivity contribution in [3.63, 3.8) is 0 Å². The predicted octanol–water partition coefficient (Wildman–Crippen LogP) is 6.72. The summed E-state index contributed by atoms with van der Waals surface area (Å²) in [7, 11) is 0. The van der Waals surface area contributed by atoms with E-state index in [4.69, 9.17) is 22.8 Å². The van der Waals surface area contributed by atoms with Crippen molar-refractivity contribution in [3.05, 3.63) is 88.6 Å². The summed E-state index contributed by atoms with van der Waals surface area (Å²) in [5.74, 6) is 2.68. The molecule has 3 rings (SSSR count). The number of aromatic nitrogens is 1. The first kappa shape index (κ1) is 20.8. The van der Waals surface area contributed by atoms with Gasteiger partial charge in [-0.15, -0.1) is 6.42 Å². The van der Waals surface area contributed by atoms with Gasteiger partial charge in [0, 0.05) is 11.8 Å². The van der Waals surface area contributed by atoms with E-state index < -0.39 is 17.0 Å². The third-order valence-corrected chi connectivity index (χ3v) is 5.06. The number of hydrogen-bond donors (Lipinski definition) is 0. The second-order valence-electron chi connectivity index (χ2n) is 6.99. The lowest BCUT2D eigenvalue weighted by molar-refractivity contribution is 0.452. The van der Waals surface area contributed by atoms with Crippen molar-refractivity contribution in [2.24, 2.45) is 0 Å². The van der Waals surface area contributed by atoms with Gasteiger partial charge in [0.1, 0.15) is 17.4 Å². The molecule has 5 heteroatoms. The number of para-hydroxylation sites is 1. The molecule has 2 nitrogen and oxygen atoms in total. The van der Waals surface area contributed by atoms with Gasteiger partial charge in [0.25, 0.3) is 0 Å². The number of rotatable bonds is 7. The number of halogens is 3. The Kier molecular flexibility index (Phi) is 6.51. The zero-order valence-electron chi connectivity index (χ0n) is 16.0. The maximum atomic E-state index is 14.0. The van der Waals surface area contributed by atoms with Crippen molar-refractivity contribution >= 4 is 11.6 Å². The molecule has 1 aromatic heterocycles. The number of terminal acetylenes is 1. The summed E-state index contributed by atoms with van der Waals surface area (Å²) >= 11 is 5.90. The molecule has 1 heterocycles. The minimum atomic E-state index is -0.617. The van der Waals surface area contributed by atoms with Gasteiger partial charge < -0.3 is 4.74 Å². The summed E-state index contributed by atoms with van der Waals surface area (Å²) in [5.41, 5.74) is 0.729. The molecule has 0 aliphatic rings. The number of aryl methyl sites for hydroxylation is 1. The van der Waals surface area contributed by atoms with Crippen LogP contribution in [0.2, 0.25) is 5.02 Å². The Morgan fingerprint density at radius 1 is 1.10 bits per heavy atom. The van der Waals surface area contributed by atoms with E-state index in [1.54, 1.807) is 24.3 Å². The molecular weight excluding hydrogens is 392 g/mol. The molecule has 0 spiro atoms. The molecular formula is C24H20ClF2NO. The molecule has 2 aromatic carbocycles. The number of nitrogens with zero attached hydrogens (tertiary/aromatic N) is 1. The number of ether oxygens (including phenoxy) is 1. The van der Waals surface area contributed by atoms with Crippen LogP contribution < -0.4 is 4.74 Å². The zero-order chi connectivity index (χ0) is 20.9. The van der Waals surface area contributed by atoms with Crippen molar-refractivity contribution in [3.8, 4) is 24.0 Å². The smallest absolute Gasteiger partial charge is 0.222 e. The van der Waals surface area contributed by atoms with Gasteiger partial charge in [-0.3, -0.25) is 0 Å². The van der Waals surface area contributed by atoms with Crippen LogP contribution in [-0.4, -0.2) is 4.98 Å². The molecule has 0 bridgehead atoms. The molecule has 29 heavy (non-hydrogen) atoms. The number of pyridine rings is 1. The van der Waals surface area contributed by atoms with Gasteiger partial charge in [-0.25, -0.2) is 13.8 Å². The first-order chi connectivity index (χ1) is 13.9. The van der Waals surface area contributed by atoms with Gasteiger partial charge in [-0.1, -0.05) is 41.8 Å². The minimum Gasteiger partial charge on any atom is -0.439 e. The zero-order valence-corrected chi connectivity index (χ0v) is 16.7. The first-order valence-electron chi connectivity index (χ1n) is 9.22. The number of benzene rings is 2. The van der Waals surface area contributed by atoms with Gasteiger partial charge in [0.2, 0.25) is 5.88 Å². The molecule has 0 aliphatic carbocycles. The van der Waals surface area contributed by atoms with Crippen molar-refractivity contribution in [2.45, 2.75) is 31.6 Å². The van der Waals surface area contributed by atoms with Crippen molar-refractivity contribution in [1.82, 2.24) is 4.98 Å². The van der Waals surface area contributed by atoms with Gasteiger partial charge in [-0.2, -0.15) is 0 Å². The van der Waals surface area contributed by atoms with E-state index in [9.17, 15) is 8.78 Å². The molecule has 0 aliphatic heterocycles. The molecule has 0 N–H and O–H groups in total. The Morgan fingerprint density at radius 2 is 1.86 bits per heavy atom. The summed E-state index contributed by atoms with van der Waals surface area (Å²) < 4.78 is 33.1. The molecule has 0 fully saturated rings. The second kappa shape index (κ2) is 9.07. The highest BCUT2D eigenvalue weighted by atomic mass is 35.5. The Labute approximate surface area is 174 Å². The largest absolute Gasteiger partial charge is 0.439 e. The van der Waals surface area contributed by atoms with Crippen LogP contribution in [0.15, 0.2) is 60.7 Å². The maximum absolute atomic E-state index is 14.0. The lowest BCUT2D eigenvalue weighted by atomic mass is 9.79. The fourth-order valence-electron chi connectivity index (χ4n) is 3.08. The van der Waals surface area contributed by atoms with Crippen LogP contribution in [-0.2, 0) is 11.8 Å². The molecule has 0 saturated carbocycles. The molecule has 0 saturated heterocycles. The highest BCUT2D eigenvalue weighted by molar-refractivity contribution is 6.30. The van der Waals surface area contributed by atoms with Crippen LogP contribution in [0.4, 0.5) is 8.78 Å². The van der Waals surface area contributed by atoms with E-state index >= 15 is 0 Å². The van der Waals surface area contributed by atoms with E-state index in [-0.39, 0.29) is 10.9 Å². The average molecular weight is 412 g/mol. The average Bonchev–Trinajstić information content (AvgIpc) is 2.70. The fraction of sp³-hybridized carbons (Fsp3) is 0.208. The Balaban J connectivity index is 1.69. The van der Waals surface area contributed by atoms with Crippen molar-refractivity contribution in [2.75, 3.05) is 0 Å². The maximum Gasteiger partial charge on any atom is 0.222 e. The van der Waals surface area contributed by atoms with Gasteiger partial charge in [0.05, 0.1) is 10.4 Å². The van der Waals surface area contributed by atoms with Crippen LogP contribution in [0.1, 0.15) is 31.0 Å². The lowest BCUT2D eigenvalue weighted by Gasteiger charge is -2.24. The normalized spacial score (nSPS) is 12.8. The predicted molar refractivity (Wildman–Crippen MR) is 111 cm³/mol. The Bertz CT molecular complexity index is 1030. The highest BCUT2D eigenvalue weighted by Gasteiger charge is 2.24. The molecule has 1 unspecified atom stereocenters. The van der Waals surface area contributed by atoms with Crippen LogP contribution in [0.3, 0.4) is 0 Å². The third kappa shape index (κ3) is 5.34. The summed E-state index contributed by atoms with van der Waals surface area (Å²) in [6, 6.07) is 16.2. The Morgan fingerprint density at radius 3 is 2.55 bits per heavy atom. The van der Waals surface area contributed by atoms with Crippen molar-refractivity contribution < 1.29 is 13.5 Å². The van der Waals surface area contributed by atoms with Crippen LogP contribution in [0.5, 0.6) is 11.6 Å². The second-order valence-corrected chi connectivity index (χ2v) is 7.40. The van der Waals surface area contributed by atoms with E-state index in [0.29, 0.717) is 30.7 Å². The summed E-state index contributed by atoms with van der Waals surface area (Å²) in [4.78, 5) is 4.39. The van der Waals surface area contributed by atoms with Crippen LogP contribution in [0, 0.1) is 24.0 Å². The quantitative estimate of drug-likeness (QED) is 0.402. The standard InChI is InChI=1S/C24H20ClF2NO/c1-3-24(2,17-11-12-22(27)21(25)14-17)13-7-8-19-15-18(26)16-23(28-19)29-20-9-5-4-6-10-20/h1,4-6,9-12,14-16H,7-8,13H2,2H3. The molecule has 1 atom stereocenters. The molecule has 3 aromatic rings. The molecule has 0 amide bonds. The molecule has 0 radical (unpaired) electrons. The van der Waals surface area contributed by atoms with E-state index in [1.165, 1.54) is 18.2 Å². The van der Waals surface area contributed by atoms with Gasteiger partial charge in [-0.05, 0) is 62.1 Å². The van der Waals surface area contributed by atoms with Crippen LogP contribution in [0.25, 0.3) is 0 Å². The first-order valence-corrected chi connectivity index (χ1v) is 9.60. The van der Waals surface area contributed by atoms with Crippen LogP contribution >= 0.6 is 11.6 Å². The topological polar surface area (TPSA) is 22.1 Å². The van der Waals surface area contributed by atoms with E-state index in [0.717, 1.165) is 5.56 Å². The SMILES string of the molecule is C#CC(C)(CCCc1cc(F)cc(Oc2ccccc2)n1)c1ccc(F)c(Cl)c1. The monoisotopic (exact) mass is 411 g/mol. The van der Waals surface area contributed by atoms with Gasteiger partial charge >= 0.3 is 0 Å². The van der Waals surface area contributed by atoms with E-state index in [2.05, 4.69) is 10.9 Å². The lowest BCUT2D eigenvalue weighted by Crippen LogP contribution is -2.20. The molecule has 148 valence electrons. The van der Waals surface area contributed by atoms with Crippen molar-refractivity contribution in [1.29, 1.82) is 0 Å². The Hall–Kier alpha value is -2.90. The highest BCUT2D eigenvalue weighted by Crippen LogP contribution is 2.32. The summed E-state index contributed by atoms with van der Waals surface area (Å²) in [6.45, 7) is 1.90. The number of hydrogen-bond acceptors (Lipinski definition) is 2.